The van der Waals surface area contributed by atoms with Crippen molar-refractivity contribution in [2.75, 3.05) is 0 Å². The highest BCUT2D eigenvalue weighted by Crippen LogP contribution is 2.41. The van der Waals surface area contributed by atoms with Crippen LogP contribution >= 0.6 is 11.3 Å². The molecule has 1 heterocycles. The highest BCUT2D eigenvalue weighted by atomic mass is 32.1. The molecular formula is C17H17FN4OS. The summed E-state index contributed by atoms with van der Waals surface area (Å²) < 4.78 is 13.8. The van der Waals surface area contributed by atoms with Crippen LogP contribution in [0, 0.1) is 30.0 Å². The van der Waals surface area contributed by atoms with E-state index in [1.54, 1.807) is 17.5 Å². The number of aryl methyl sites for hydroxylation is 1. The van der Waals surface area contributed by atoms with Gasteiger partial charge in [-0.25, -0.2) is 14.2 Å². The molecule has 2 aromatic rings. The van der Waals surface area contributed by atoms with Crippen molar-refractivity contribution in [3.05, 3.63) is 51.2 Å². The Labute approximate surface area is 143 Å². The Balaban J connectivity index is 1.59. The lowest BCUT2D eigenvalue weighted by Crippen LogP contribution is -2.38. The van der Waals surface area contributed by atoms with Gasteiger partial charge in [-0.15, -0.1) is 11.3 Å². The molecule has 2 N–H and O–H groups in total. The van der Waals surface area contributed by atoms with Crippen LogP contribution in [0.4, 0.5) is 9.18 Å². The molecule has 2 amide bonds. The molecule has 0 spiro atoms. The Kier molecular flexibility index (Phi) is 4.76. The molecule has 3 rings (SSSR count). The third-order valence-corrected chi connectivity index (χ3v) is 4.90. The SMILES string of the molecule is Cc1cnc([C@H](NC(=O)NCc2ccc(C#N)cc2F)C2CC2)s1. The number of amides is 2. The van der Waals surface area contributed by atoms with Crippen molar-refractivity contribution >= 4 is 17.4 Å². The Morgan fingerprint density at radius 3 is 2.92 bits per heavy atom. The maximum absolute atomic E-state index is 13.8. The van der Waals surface area contributed by atoms with Gasteiger partial charge in [0.15, 0.2) is 0 Å². The van der Waals surface area contributed by atoms with Crippen molar-refractivity contribution in [3.63, 3.8) is 0 Å². The summed E-state index contributed by atoms with van der Waals surface area (Å²) in [6.07, 6.45) is 3.96. The summed E-state index contributed by atoms with van der Waals surface area (Å²) in [5, 5.41) is 15.3. The van der Waals surface area contributed by atoms with Gasteiger partial charge in [0.05, 0.1) is 17.7 Å². The summed E-state index contributed by atoms with van der Waals surface area (Å²) in [7, 11) is 0. The van der Waals surface area contributed by atoms with E-state index in [-0.39, 0.29) is 24.2 Å². The minimum Gasteiger partial charge on any atom is -0.334 e. The molecule has 124 valence electrons. The Bertz CT molecular complexity index is 794. The first-order valence-electron chi connectivity index (χ1n) is 7.72. The smallest absolute Gasteiger partial charge is 0.315 e. The van der Waals surface area contributed by atoms with Gasteiger partial charge in [0.1, 0.15) is 10.8 Å². The molecule has 0 radical (unpaired) electrons. The van der Waals surface area contributed by atoms with Gasteiger partial charge in [0.25, 0.3) is 0 Å². The Hall–Kier alpha value is -2.46. The highest BCUT2D eigenvalue weighted by molar-refractivity contribution is 7.11. The number of rotatable bonds is 5. The molecule has 5 nitrogen and oxygen atoms in total. The summed E-state index contributed by atoms with van der Waals surface area (Å²) in [4.78, 5) is 17.6. The van der Waals surface area contributed by atoms with Crippen molar-refractivity contribution < 1.29 is 9.18 Å². The molecule has 1 atom stereocenters. The number of nitrogens with zero attached hydrogens (tertiary/aromatic N) is 2. The quantitative estimate of drug-likeness (QED) is 0.872. The predicted octanol–water partition coefficient (Wildman–Crippen LogP) is 3.41. The second-order valence-corrected chi connectivity index (χ2v) is 7.14. The molecule has 0 aliphatic heterocycles. The topological polar surface area (TPSA) is 77.8 Å². The average molecular weight is 344 g/mol. The lowest BCUT2D eigenvalue weighted by Gasteiger charge is -2.16. The third-order valence-electron chi connectivity index (χ3n) is 3.91. The van der Waals surface area contributed by atoms with Gasteiger partial charge >= 0.3 is 6.03 Å². The maximum Gasteiger partial charge on any atom is 0.315 e. The monoisotopic (exact) mass is 344 g/mol. The van der Waals surface area contributed by atoms with Crippen molar-refractivity contribution in [3.8, 4) is 6.07 Å². The van der Waals surface area contributed by atoms with E-state index in [0.29, 0.717) is 11.5 Å². The van der Waals surface area contributed by atoms with Crippen LogP contribution in [-0.2, 0) is 6.54 Å². The first-order chi connectivity index (χ1) is 11.6. The van der Waals surface area contributed by atoms with E-state index in [2.05, 4.69) is 15.6 Å². The molecule has 1 saturated carbocycles. The Morgan fingerprint density at radius 2 is 2.33 bits per heavy atom. The molecule has 0 bridgehead atoms. The molecule has 1 aliphatic carbocycles. The fraction of sp³-hybridized carbons (Fsp3) is 0.353. The molecular weight excluding hydrogens is 327 g/mol. The van der Waals surface area contributed by atoms with Gasteiger partial charge in [-0.3, -0.25) is 0 Å². The van der Waals surface area contributed by atoms with E-state index in [0.717, 1.165) is 22.7 Å². The van der Waals surface area contributed by atoms with Crippen LogP contribution in [0.15, 0.2) is 24.4 Å². The summed E-state index contributed by atoms with van der Waals surface area (Å²) in [6, 6.07) is 5.66. The largest absolute Gasteiger partial charge is 0.334 e. The van der Waals surface area contributed by atoms with Gasteiger partial charge in [0, 0.05) is 23.2 Å². The molecule has 1 aromatic heterocycles. The number of nitriles is 1. The zero-order valence-electron chi connectivity index (χ0n) is 13.2. The van der Waals surface area contributed by atoms with Crippen LogP contribution in [0.25, 0.3) is 0 Å². The fourth-order valence-electron chi connectivity index (χ4n) is 2.45. The number of nitrogens with one attached hydrogen (secondary N) is 2. The van der Waals surface area contributed by atoms with E-state index >= 15 is 0 Å². The number of benzene rings is 1. The second-order valence-electron chi connectivity index (χ2n) is 5.87. The van der Waals surface area contributed by atoms with Crippen LogP contribution in [-0.4, -0.2) is 11.0 Å². The Morgan fingerprint density at radius 1 is 1.54 bits per heavy atom. The fourth-order valence-corrected chi connectivity index (χ4v) is 3.37. The number of carbonyl (C=O) groups excluding carboxylic acids is 1. The number of thiazole rings is 1. The van der Waals surface area contributed by atoms with Crippen molar-refractivity contribution in [1.82, 2.24) is 15.6 Å². The molecule has 1 aliphatic rings. The van der Waals surface area contributed by atoms with Gasteiger partial charge in [0.2, 0.25) is 0 Å². The van der Waals surface area contributed by atoms with Crippen molar-refractivity contribution in [1.29, 1.82) is 5.26 Å². The molecule has 1 fully saturated rings. The lowest BCUT2D eigenvalue weighted by atomic mass is 10.1. The zero-order valence-corrected chi connectivity index (χ0v) is 14.0. The summed E-state index contributed by atoms with van der Waals surface area (Å²) in [5.74, 6) is -0.0726. The number of halogens is 1. The molecule has 0 saturated heterocycles. The summed E-state index contributed by atoms with van der Waals surface area (Å²) in [6.45, 7) is 2.05. The summed E-state index contributed by atoms with van der Waals surface area (Å²) in [5.41, 5.74) is 0.603. The molecule has 7 heteroatoms. The molecule has 0 unspecified atom stereocenters. The highest BCUT2D eigenvalue weighted by Gasteiger charge is 2.35. The molecule has 1 aromatic carbocycles. The van der Waals surface area contributed by atoms with Crippen LogP contribution in [0.5, 0.6) is 0 Å². The average Bonchev–Trinajstić information content (AvgIpc) is 3.32. The number of carbonyl (C=O) groups is 1. The molecule has 24 heavy (non-hydrogen) atoms. The van der Waals surface area contributed by atoms with Crippen LogP contribution in [0.2, 0.25) is 0 Å². The van der Waals surface area contributed by atoms with Crippen LogP contribution < -0.4 is 10.6 Å². The minimum absolute atomic E-state index is 0.0671. The van der Waals surface area contributed by atoms with Gasteiger partial charge in [-0.2, -0.15) is 5.26 Å². The number of hydrogen-bond acceptors (Lipinski definition) is 4. The van der Waals surface area contributed by atoms with E-state index in [1.807, 2.05) is 13.0 Å². The van der Waals surface area contributed by atoms with Gasteiger partial charge in [-0.1, -0.05) is 6.07 Å². The van der Waals surface area contributed by atoms with Gasteiger partial charge in [-0.05, 0) is 37.8 Å². The second kappa shape index (κ2) is 6.97. The van der Waals surface area contributed by atoms with E-state index in [9.17, 15) is 9.18 Å². The first kappa shape index (κ1) is 16.4. The minimum atomic E-state index is -0.497. The standard InChI is InChI=1S/C17H17FN4OS/c1-10-8-20-16(24-10)15(12-4-5-12)22-17(23)21-9-13-3-2-11(7-19)6-14(13)18/h2-3,6,8,12,15H,4-5,9H2,1H3,(H2,21,22,23)/t15-/m1/s1. The first-order valence-corrected chi connectivity index (χ1v) is 8.53. The van der Waals surface area contributed by atoms with E-state index < -0.39 is 5.82 Å². The summed E-state index contributed by atoms with van der Waals surface area (Å²) >= 11 is 1.58. The number of aromatic nitrogens is 1. The maximum atomic E-state index is 13.8. The van der Waals surface area contributed by atoms with Crippen LogP contribution in [0.3, 0.4) is 0 Å². The lowest BCUT2D eigenvalue weighted by molar-refractivity contribution is 0.235. The number of urea groups is 1. The van der Waals surface area contributed by atoms with Gasteiger partial charge < -0.3 is 10.6 Å². The zero-order chi connectivity index (χ0) is 17.1. The van der Waals surface area contributed by atoms with E-state index in [1.165, 1.54) is 18.2 Å². The van der Waals surface area contributed by atoms with Crippen molar-refractivity contribution in [2.24, 2.45) is 5.92 Å². The normalized spacial score (nSPS) is 14.7. The predicted molar refractivity (Wildman–Crippen MR) is 88.8 cm³/mol. The van der Waals surface area contributed by atoms with Crippen LogP contribution in [0.1, 0.15) is 39.9 Å². The van der Waals surface area contributed by atoms with E-state index in [4.69, 9.17) is 5.26 Å². The third kappa shape index (κ3) is 3.89. The van der Waals surface area contributed by atoms with Crippen molar-refractivity contribution in [2.45, 2.75) is 32.4 Å². The number of hydrogen-bond donors (Lipinski definition) is 2.